The molecule has 3 atom stereocenters. The lowest BCUT2D eigenvalue weighted by molar-refractivity contribution is -0.134. The number of halogens is 1. The van der Waals surface area contributed by atoms with Gasteiger partial charge in [0.1, 0.15) is 5.75 Å². The maximum atomic E-state index is 12.5. The summed E-state index contributed by atoms with van der Waals surface area (Å²) in [5, 5.41) is 14.1. The van der Waals surface area contributed by atoms with E-state index in [1.807, 2.05) is 0 Å². The van der Waals surface area contributed by atoms with Gasteiger partial charge in [-0.15, -0.1) is 0 Å². The van der Waals surface area contributed by atoms with Crippen molar-refractivity contribution in [3.05, 3.63) is 29.3 Å². The highest BCUT2D eigenvalue weighted by atomic mass is 35.5. The number of ether oxygens (including phenoxy) is 1. The summed E-state index contributed by atoms with van der Waals surface area (Å²) in [5.41, 5.74) is -1.38. The highest BCUT2D eigenvalue weighted by Gasteiger charge is 2.44. The van der Waals surface area contributed by atoms with Gasteiger partial charge in [-0.25, -0.2) is 0 Å². The van der Waals surface area contributed by atoms with E-state index < -0.39 is 11.2 Å². The van der Waals surface area contributed by atoms with Gasteiger partial charge in [-0.05, 0) is 88.5 Å². The molecule has 2 fully saturated rings. The minimum absolute atomic E-state index is 0.125. The molecule has 4 nitrogen and oxygen atoms in total. The molecule has 5 heteroatoms. The van der Waals surface area contributed by atoms with E-state index >= 15 is 0 Å². The van der Waals surface area contributed by atoms with Gasteiger partial charge in [0, 0.05) is 11.6 Å². The first-order valence-corrected chi connectivity index (χ1v) is 9.59. The zero-order valence-electron chi connectivity index (χ0n) is 15.1. The quantitative estimate of drug-likeness (QED) is 0.802. The maximum Gasteiger partial charge on any atom is 0.263 e. The Hall–Kier alpha value is -1.26. The van der Waals surface area contributed by atoms with E-state index in [1.165, 1.54) is 6.42 Å². The molecule has 3 rings (SSSR count). The summed E-state index contributed by atoms with van der Waals surface area (Å²) >= 11 is 5.87. The molecule has 0 aromatic heterocycles. The molecule has 0 aliphatic heterocycles. The van der Waals surface area contributed by atoms with Gasteiger partial charge in [0.05, 0.1) is 5.60 Å². The number of amides is 1. The fourth-order valence-corrected chi connectivity index (χ4v) is 4.49. The van der Waals surface area contributed by atoms with Crippen LogP contribution in [-0.4, -0.2) is 28.8 Å². The van der Waals surface area contributed by atoms with Crippen LogP contribution in [0, 0.1) is 11.8 Å². The summed E-state index contributed by atoms with van der Waals surface area (Å²) in [6.45, 7) is 4.15. The molecule has 2 bridgehead atoms. The third kappa shape index (κ3) is 4.68. The van der Waals surface area contributed by atoms with Crippen LogP contribution in [0.5, 0.6) is 5.75 Å². The van der Waals surface area contributed by atoms with E-state index in [0.717, 1.165) is 32.1 Å². The summed E-state index contributed by atoms with van der Waals surface area (Å²) in [4.78, 5) is 12.5. The Morgan fingerprint density at radius 2 is 2.08 bits per heavy atom. The summed E-state index contributed by atoms with van der Waals surface area (Å²) < 4.78 is 5.81. The number of fused-ring (bicyclic) bond motifs is 2. The smallest absolute Gasteiger partial charge is 0.263 e. The molecule has 0 saturated heterocycles. The number of rotatable bonds is 6. The first-order chi connectivity index (χ1) is 11.8. The fourth-order valence-electron chi connectivity index (χ4n) is 4.36. The van der Waals surface area contributed by atoms with Gasteiger partial charge in [-0.2, -0.15) is 0 Å². The van der Waals surface area contributed by atoms with Gasteiger partial charge < -0.3 is 15.2 Å². The summed E-state index contributed by atoms with van der Waals surface area (Å²) in [6, 6.07) is 7.01. The van der Waals surface area contributed by atoms with Crippen LogP contribution in [0.25, 0.3) is 0 Å². The summed E-state index contributed by atoms with van der Waals surface area (Å²) in [6.07, 6.45) is 6.05. The van der Waals surface area contributed by atoms with Crippen molar-refractivity contribution in [2.24, 2.45) is 11.8 Å². The highest BCUT2D eigenvalue weighted by molar-refractivity contribution is 6.30. The van der Waals surface area contributed by atoms with Gasteiger partial charge in [-0.1, -0.05) is 11.6 Å². The molecule has 1 amide bonds. The number of hydrogen-bond donors (Lipinski definition) is 2. The number of benzene rings is 1. The molecule has 1 aromatic carbocycles. The Bertz CT molecular complexity index is 616. The van der Waals surface area contributed by atoms with E-state index in [0.29, 0.717) is 29.2 Å². The Morgan fingerprint density at radius 3 is 2.76 bits per heavy atom. The van der Waals surface area contributed by atoms with Crippen molar-refractivity contribution in [1.82, 2.24) is 5.32 Å². The van der Waals surface area contributed by atoms with Crippen LogP contribution in [0.1, 0.15) is 52.4 Å². The Kier molecular flexibility index (Phi) is 5.31. The maximum absolute atomic E-state index is 12.5. The lowest BCUT2D eigenvalue weighted by atomic mass is 9.77. The van der Waals surface area contributed by atoms with Crippen LogP contribution in [-0.2, 0) is 4.79 Å². The standard InChI is InChI=1S/C20H28ClNO3/c1-19(2,25-17-5-3-16(21)4-6-17)18(23)22-10-8-15-11-14-7-9-20(24,12-14)13-15/h3-6,14-15,24H,7-13H2,1-2H3,(H,22,23)/t14-,15?,20-/m0/s1. The molecule has 1 unspecified atom stereocenters. The molecule has 2 N–H and O–H groups in total. The van der Waals surface area contributed by atoms with E-state index in [1.54, 1.807) is 38.1 Å². The van der Waals surface area contributed by atoms with Crippen LogP contribution in [0.4, 0.5) is 0 Å². The minimum Gasteiger partial charge on any atom is -0.478 e. The van der Waals surface area contributed by atoms with Crippen molar-refractivity contribution in [2.45, 2.75) is 63.6 Å². The second-order valence-electron chi connectivity index (χ2n) is 8.25. The van der Waals surface area contributed by atoms with Crippen LogP contribution >= 0.6 is 11.6 Å². The fraction of sp³-hybridized carbons (Fsp3) is 0.650. The second-order valence-corrected chi connectivity index (χ2v) is 8.69. The molecule has 0 heterocycles. The van der Waals surface area contributed by atoms with Crippen LogP contribution < -0.4 is 10.1 Å². The van der Waals surface area contributed by atoms with Gasteiger partial charge in [-0.3, -0.25) is 4.79 Å². The normalized spacial score (nSPS) is 28.6. The van der Waals surface area contributed by atoms with Crippen molar-refractivity contribution in [3.63, 3.8) is 0 Å². The van der Waals surface area contributed by atoms with E-state index in [-0.39, 0.29) is 5.91 Å². The molecule has 0 spiro atoms. The SMILES string of the molecule is CC(C)(Oc1ccc(Cl)cc1)C(=O)NCCC1C[C@@H]2CC[C@@](O)(C1)C2. The van der Waals surface area contributed by atoms with E-state index in [2.05, 4.69) is 5.32 Å². The van der Waals surface area contributed by atoms with Crippen molar-refractivity contribution in [1.29, 1.82) is 0 Å². The first-order valence-electron chi connectivity index (χ1n) is 9.21. The summed E-state index contributed by atoms with van der Waals surface area (Å²) in [7, 11) is 0. The van der Waals surface area contributed by atoms with Crippen molar-refractivity contribution in [2.75, 3.05) is 6.54 Å². The lowest BCUT2D eigenvalue weighted by Gasteiger charge is -2.34. The number of carbonyl (C=O) groups excluding carboxylic acids is 1. The molecule has 2 aliphatic carbocycles. The molecule has 0 radical (unpaired) electrons. The van der Waals surface area contributed by atoms with Gasteiger partial charge in [0.2, 0.25) is 0 Å². The van der Waals surface area contributed by atoms with Gasteiger partial charge in [0.15, 0.2) is 5.60 Å². The third-order valence-corrected chi connectivity index (χ3v) is 5.85. The van der Waals surface area contributed by atoms with Crippen LogP contribution in [0.15, 0.2) is 24.3 Å². The van der Waals surface area contributed by atoms with Crippen LogP contribution in [0.2, 0.25) is 5.02 Å². The number of hydrogen-bond acceptors (Lipinski definition) is 3. The molecule has 1 aromatic rings. The summed E-state index contributed by atoms with van der Waals surface area (Å²) in [5.74, 6) is 1.67. The Labute approximate surface area is 154 Å². The average molecular weight is 366 g/mol. The van der Waals surface area contributed by atoms with Crippen molar-refractivity contribution >= 4 is 17.5 Å². The lowest BCUT2D eigenvalue weighted by Crippen LogP contribution is -2.47. The molecule has 25 heavy (non-hydrogen) atoms. The Morgan fingerprint density at radius 1 is 1.36 bits per heavy atom. The zero-order valence-corrected chi connectivity index (χ0v) is 15.8. The second kappa shape index (κ2) is 7.16. The molecule has 2 aliphatic rings. The monoisotopic (exact) mass is 365 g/mol. The van der Waals surface area contributed by atoms with Gasteiger partial charge in [0.25, 0.3) is 5.91 Å². The number of nitrogens with one attached hydrogen (secondary N) is 1. The molecule has 2 saturated carbocycles. The predicted octanol–water partition coefficient (Wildman–Crippen LogP) is 3.94. The minimum atomic E-state index is -0.947. The van der Waals surface area contributed by atoms with Crippen molar-refractivity contribution in [3.8, 4) is 5.75 Å². The average Bonchev–Trinajstić information content (AvgIpc) is 2.82. The van der Waals surface area contributed by atoms with E-state index in [4.69, 9.17) is 16.3 Å². The zero-order chi connectivity index (χ0) is 18.1. The molecular formula is C20H28ClNO3. The van der Waals surface area contributed by atoms with Crippen LogP contribution in [0.3, 0.4) is 0 Å². The predicted molar refractivity (Wildman–Crippen MR) is 98.8 cm³/mol. The highest BCUT2D eigenvalue weighted by Crippen LogP contribution is 2.48. The number of carbonyl (C=O) groups is 1. The van der Waals surface area contributed by atoms with Gasteiger partial charge >= 0.3 is 0 Å². The first kappa shape index (κ1) is 18.5. The van der Waals surface area contributed by atoms with E-state index in [9.17, 15) is 9.90 Å². The number of aliphatic hydroxyl groups is 1. The largest absolute Gasteiger partial charge is 0.478 e. The topological polar surface area (TPSA) is 58.6 Å². The molecule has 138 valence electrons. The Balaban J connectivity index is 1.46. The molecular weight excluding hydrogens is 338 g/mol. The van der Waals surface area contributed by atoms with Crippen molar-refractivity contribution < 1.29 is 14.6 Å². The third-order valence-electron chi connectivity index (χ3n) is 5.59.